The van der Waals surface area contributed by atoms with Gasteiger partial charge in [0.05, 0.1) is 11.8 Å². The first-order chi connectivity index (χ1) is 16.1. The van der Waals surface area contributed by atoms with Crippen LogP contribution in [0.25, 0.3) is 0 Å². The third kappa shape index (κ3) is 6.09. The van der Waals surface area contributed by atoms with Crippen LogP contribution in [0.15, 0.2) is 94.6 Å². The van der Waals surface area contributed by atoms with Crippen LogP contribution in [-0.4, -0.2) is 54.2 Å². The Labute approximate surface area is 203 Å². The second-order valence-corrected chi connectivity index (χ2v) is 9.01. The van der Waals surface area contributed by atoms with E-state index in [4.69, 9.17) is 4.84 Å². The zero-order chi connectivity index (χ0) is 23.0. The summed E-state index contributed by atoms with van der Waals surface area (Å²) in [5.41, 5.74) is 4.25. The Kier molecular flexibility index (Phi) is 7.92. The molecule has 0 aromatic heterocycles. The van der Waals surface area contributed by atoms with Crippen molar-refractivity contribution in [2.24, 2.45) is 5.16 Å². The van der Waals surface area contributed by atoms with E-state index in [0.29, 0.717) is 13.1 Å². The number of nitrogens with zero attached hydrogens (tertiary/aromatic N) is 3. The summed E-state index contributed by atoms with van der Waals surface area (Å²) in [4.78, 5) is 22.4. The second-order valence-electron chi connectivity index (χ2n) is 8.10. The number of hydrogen-bond acceptors (Lipinski definition) is 4. The maximum atomic E-state index is 12.7. The minimum atomic E-state index is -0.0470. The summed E-state index contributed by atoms with van der Waals surface area (Å²) in [6, 6.07) is 29.1. The van der Waals surface area contributed by atoms with Crippen molar-refractivity contribution in [1.82, 2.24) is 9.80 Å². The molecule has 33 heavy (non-hydrogen) atoms. The van der Waals surface area contributed by atoms with Gasteiger partial charge in [-0.2, -0.15) is 0 Å². The molecule has 0 unspecified atom stereocenters. The van der Waals surface area contributed by atoms with Crippen molar-refractivity contribution >= 4 is 27.5 Å². The predicted octanol–water partition coefficient (Wildman–Crippen LogP) is 5.12. The van der Waals surface area contributed by atoms with Crippen LogP contribution in [0.5, 0.6) is 0 Å². The van der Waals surface area contributed by atoms with Gasteiger partial charge in [0.1, 0.15) is 0 Å². The Balaban J connectivity index is 1.34. The minimum Gasteiger partial charge on any atom is -0.385 e. The summed E-state index contributed by atoms with van der Waals surface area (Å²) in [6.07, 6.45) is 0. The van der Waals surface area contributed by atoms with E-state index in [-0.39, 0.29) is 18.6 Å². The number of halogens is 1. The van der Waals surface area contributed by atoms with Gasteiger partial charge in [-0.25, -0.2) is 0 Å². The van der Waals surface area contributed by atoms with Crippen LogP contribution in [-0.2, 0) is 9.63 Å². The number of rotatable bonds is 7. The zero-order valence-corrected chi connectivity index (χ0v) is 20.3. The minimum absolute atomic E-state index is 0.0296. The number of carbonyl (C=O) groups is 1. The highest BCUT2D eigenvalue weighted by Gasteiger charge is 2.28. The molecular formula is C27H28BrN3O2. The molecule has 3 aromatic carbocycles. The summed E-state index contributed by atoms with van der Waals surface area (Å²) < 4.78 is 1.01. The van der Waals surface area contributed by atoms with Crippen LogP contribution < -0.4 is 0 Å². The Morgan fingerprint density at radius 2 is 1.42 bits per heavy atom. The fourth-order valence-electron chi connectivity index (χ4n) is 4.13. The molecule has 0 N–H and O–H groups in total. The first kappa shape index (κ1) is 23.2. The standard InChI is InChI=1S/C27H28BrN3O2/c1-21(22-12-14-25(28)15-13-22)29-33-20-26(32)30-16-18-31(19-17-30)27(23-8-4-2-5-9-23)24-10-6-3-7-11-24/h2-15,27H,16-20H2,1H3/b29-21+. The van der Waals surface area contributed by atoms with E-state index in [1.54, 1.807) is 0 Å². The molecule has 0 radical (unpaired) electrons. The van der Waals surface area contributed by atoms with E-state index in [1.165, 1.54) is 11.1 Å². The molecule has 1 saturated heterocycles. The lowest BCUT2D eigenvalue weighted by Crippen LogP contribution is -2.50. The monoisotopic (exact) mass is 505 g/mol. The van der Waals surface area contributed by atoms with Crippen molar-refractivity contribution in [3.63, 3.8) is 0 Å². The zero-order valence-electron chi connectivity index (χ0n) is 18.7. The smallest absolute Gasteiger partial charge is 0.263 e. The van der Waals surface area contributed by atoms with Crippen LogP contribution in [0.1, 0.15) is 29.7 Å². The molecule has 4 rings (SSSR count). The lowest BCUT2D eigenvalue weighted by Gasteiger charge is -2.39. The fourth-order valence-corrected chi connectivity index (χ4v) is 4.40. The molecule has 1 fully saturated rings. The highest BCUT2D eigenvalue weighted by molar-refractivity contribution is 9.10. The molecule has 0 saturated carbocycles. The van der Waals surface area contributed by atoms with E-state index in [1.807, 2.05) is 48.2 Å². The molecule has 0 spiro atoms. The van der Waals surface area contributed by atoms with Gasteiger partial charge in [-0.05, 0) is 35.7 Å². The molecular weight excluding hydrogens is 478 g/mol. The van der Waals surface area contributed by atoms with Crippen molar-refractivity contribution in [1.29, 1.82) is 0 Å². The van der Waals surface area contributed by atoms with Crippen LogP contribution >= 0.6 is 15.9 Å². The van der Waals surface area contributed by atoms with Gasteiger partial charge in [-0.3, -0.25) is 9.69 Å². The molecule has 3 aromatic rings. The van der Waals surface area contributed by atoms with Crippen molar-refractivity contribution in [3.05, 3.63) is 106 Å². The first-order valence-corrected chi connectivity index (χ1v) is 12.0. The molecule has 1 amide bonds. The molecule has 0 atom stereocenters. The van der Waals surface area contributed by atoms with E-state index < -0.39 is 0 Å². The van der Waals surface area contributed by atoms with E-state index >= 15 is 0 Å². The number of benzene rings is 3. The quantitative estimate of drug-likeness (QED) is 0.330. The van der Waals surface area contributed by atoms with Gasteiger partial charge in [0.15, 0.2) is 6.61 Å². The highest BCUT2D eigenvalue weighted by atomic mass is 79.9. The van der Waals surface area contributed by atoms with Gasteiger partial charge in [0.2, 0.25) is 0 Å². The normalized spacial score (nSPS) is 15.0. The SMILES string of the molecule is C/C(=N\OCC(=O)N1CCN(C(c2ccccc2)c2ccccc2)CC1)c1ccc(Br)cc1. The van der Waals surface area contributed by atoms with Crippen molar-refractivity contribution in [3.8, 4) is 0 Å². The number of hydrogen-bond donors (Lipinski definition) is 0. The molecule has 0 aliphatic carbocycles. The van der Waals surface area contributed by atoms with Crippen molar-refractivity contribution in [2.45, 2.75) is 13.0 Å². The van der Waals surface area contributed by atoms with Gasteiger partial charge >= 0.3 is 0 Å². The van der Waals surface area contributed by atoms with Crippen LogP contribution in [0.3, 0.4) is 0 Å². The molecule has 1 heterocycles. The summed E-state index contributed by atoms with van der Waals surface area (Å²) >= 11 is 3.43. The average molecular weight is 506 g/mol. The fraction of sp³-hybridized carbons (Fsp3) is 0.259. The van der Waals surface area contributed by atoms with Gasteiger partial charge < -0.3 is 9.74 Å². The molecule has 170 valence electrons. The van der Waals surface area contributed by atoms with Crippen molar-refractivity contribution in [2.75, 3.05) is 32.8 Å². The van der Waals surface area contributed by atoms with E-state index in [2.05, 4.69) is 74.5 Å². The van der Waals surface area contributed by atoms with Gasteiger partial charge in [0.25, 0.3) is 5.91 Å². The number of carbonyl (C=O) groups excluding carboxylic acids is 1. The molecule has 1 aliphatic heterocycles. The molecule has 5 nitrogen and oxygen atoms in total. The Morgan fingerprint density at radius 3 is 1.97 bits per heavy atom. The number of piperazine rings is 1. The molecule has 0 bridgehead atoms. The van der Waals surface area contributed by atoms with Crippen molar-refractivity contribution < 1.29 is 9.63 Å². The lowest BCUT2D eigenvalue weighted by molar-refractivity contribution is -0.138. The Hall–Kier alpha value is -2.96. The summed E-state index contributed by atoms with van der Waals surface area (Å²) in [7, 11) is 0. The third-order valence-corrected chi connectivity index (χ3v) is 6.44. The van der Waals surface area contributed by atoms with Gasteiger partial charge in [-0.15, -0.1) is 0 Å². The van der Waals surface area contributed by atoms with E-state index in [9.17, 15) is 4.79 Å². The summed E-state index contributed by atoms with van der Waals surface area (Å²) in [5, 5.41) is 4.12. The van der Waals surface area contributed by atoms with Crippen LogP contribution in [0, 0.1) is 0 Å². The Morgan fingerprint density at radius 1 is 0.879 bits per heavy atom. The van der Waals surface area contributed by atoms with Crippen LogP contribution in [0.4, 0.5) is 0 Å². The largest absolute Gasteiger partial charge is 0.385 e. The average Bonchev–Trinajstić information content (AvgIpc) is 2.86. The van der Waals surface area contributed by atoms with E-state index in [0.717, 1.165) is 28.8 Å². The topological polar surface area (TPSA) is 45.1 Å². The number of oxime groups is 1. The highest BCUT2D eigenvalue weighted by Crippen LogP contribution is 2.29. The van der Waals surface area contributed by atoms with Gasteiger partial charge in [-0.1, -0.05) is 93.9 Å². The first-order valence-electron chi connectivity index (χ1n) is 11.2. The number of amides is 1. The summed E-state index contributed by atoms with van der Waals surface area (Å²) in [5.74, 6) is -0.0296. The van der Waals surface area contributed by atoms with Gasteiger partial charge in [0, 0.05) is 30.7 Å². The maximum absolute atomic E-state index is 12.7. The molecule has 1 aliphatic rings. The summed E-state index contributed by atoms with van der Waals surface area (Å²) in [6.45, 7) is 4.79. The maximum Gasteiger partial charge on any atom is 0.263 e. The Bertz CT molecular complexity index is 1020. The second kappa shape index (κ2) is 11.3. The van der Waals surface area contributed by atoms with Crippen LogP contribution in [0.2, 0.25) is 0 Å². The lowest BCUT2D eigenvalue weighted by atomic mass is 9.96. The third-order valence-electron chi connectivity index (χ3n) is 5.91. The molecule has 6 heteroatoms. The predicted molar refractivity (Wildman–Crippen MR) is 135 cm³/mol.